The molecule has 13 heavy (non-hydrogen) atoms. The number of allylic oxidation sites excluding steroid dienone is 1. The topological polar surface area (TPSA) is 46.7 Å². The van der Waals surface area contributed by atoms with Crippen LogP contribution in [0.25, 0.3) is 0 Å². The molecule has 0 aromatic heterocycles. The van der Waals surface area contributed by atoms with Crippen LogP contribution in [0.2, 0.25) is 0 Å². The molecular weight excluding hydrogens is 164 g/mol. The second kappa shape index (κ2) is 2.94. The summed E-state index contributed by atoms with van der Waals surface area (Å²) in [4.78, 5) is 0. The lowest BCUT2D eigenvalue weighted by molar-refractivity contribution is 0.370. The maximum Gasteiger partial charge on any atom is 0.233 e. The second-order valence-corrected chi connectivity index (χ2v) is 2.96. The normalized spacial score (nSPS) is 14.8. The largest absolute Gasteiger partial charge is 0.492 e. The highest BCUT2D eigenvalue weighted by atomic mass is 16.3. The van der Waals surface area contributed by atoms with Gasteiger partial charge in [-0.2, -0.15) is 0 Å². The van der Waals surface area contributed by atoms with Crippen molar-refractivity contribution in [3.63, 3.8) is 0 Å². The zero-order valence-electron chi connectivity index (χ0n) is 7.23. The van der Waals surface area contributed by atoms with Gasteiger partial charge in [0.25, 0.3) is 0 Å². The molecule has 1 aromatic rings. The number of hydrogen-bond donors (Lipinski definition) is 1. The highest BCUT2D eigenvalue weighted by Gasteiger charge is 2.09. The fourth-order valence-corrected chi connectivity index (χ4v) is 1.23. The third-order valence-electron chi connectivity index (χ3n) is 1.84. The van der Waals surface area contributed by atoms with Gasteiger partial charge >= 0.3 is 0 Å². The van der Waals surface area contributed by atoms with Crippen LogP contribution < -0.4 is 5.43 Å². The van der Waals surface area contributed by atoms with Crippen molar-refractivity contribution >= 4 is 5.71 Å². The number of benzene rings is 1. The van der Waals surface area contributed by atoms with Gasteiger partial charge in [0.1, 0.15) is 0 Å². The highest BCUT2D eigenvalue weighted by molar-refractivity contribution is 6.09. The molecule has 0 saturated carbocycles. The van der Waals surface area contributed by atoms with Crippen molar-refractivity contribution < 1.29 is 5.11 Å². The molecule has 0 atom stereocenters. The van der Waals surface area contributed by atoms with E-state index in [1.807, 2.05) is 31.2 Å². The first-order valence-electron chi connectivity index (χ1n) is 4.02. The Balaban J connectivity index is 2.37. The molecule has 0 unspecified atom stereocenters. The Morgan fingerprint density at radius 1 is 1.31 bits per heavy atom. The molecule has 0 amide bonds. The minimum absolute atomic E-state index is 0.0310. The number of aliphatic hydroxyl groups is 1. The van der Waals surface area contributed by atoms with E-state index in [-0.39, 0.29) is 5.88 Å². The van der Waals surface area contributed by atoms with Crippen molar-refractivity contribution in [2.24, 2.45) is 5.10 Å². The van der Waals surface area contributed by atoms with Crippen LogP contribution >= 0.6 is 0 Å². The fraction of sp³-hybridized carbons (Fsp3) is 0.100. The van der Waals surface area contributed by atoms with Gasteiger partial charge in [0.2, 0.25) is 5.88 Å². The van der Waals surface area contributed by atoms with Crippen molar-refractivity contribution in [2.75, 3.05) is 0 Å². The fourth-order valence-electron chi connectivity index (χ4n) is 1.23. The SMILES string of the molecule is Cc1cccc(C2=N[N]C(O)=C2)c1. The van der Waals surface area contributed by atoms with E-state index in [9.17, 15) is 0 Å². The summed E-state index contributed by atoms with van der Waals surface area (Å²) in [6.07, 6.45) is 1.55. The van der Waals surface area contributed by atoms with Crippen LogP contribution in [0.3, 0.4) is 0 Å². The van der Waals surface area contributed by atoms with E-state index < -0.39 is 0 Å². The van der Waals surface area contributed by atoms with E-state index in [4.69, 9.17) is 5.11 Å². The lowest BCUT2D eigenvalue weighted by Gasteiger charge is -1.97. The number of rotatable bonds is 1. The van der Waals surface area contributed by atoms with E-state index in [2.05, 4.69) is 10.5 Å². The molecule has 0 saturated heterocycles. The number of aryl methyl sites for hydroxylation is 1. The zero-order chi connectivity index (χ0) is 9.26. The minimum Gasteiger partial charge on any atom is -0.492 e. The Morgan fingerprint density at radius 2 is 2.15 bits per heavy atom. The summed E-state index contributed by atoms with van der Waals surface area (Å²) < 4.78 is 0. The van der Waals surface area contributed by atoms with Crippen molar-refractivity contribution in [1.82, 2.24) is 5.43 Å². The average molecular weight is 173 g/mol. The third-order valence-corrected chi connectivity index (χ3v) is 1.84. The van der Waals surface area contributed by atoms with Crippen LogP contribution in [0.4, 0.5) is 0 Å². The second-order valence-electron chi connectivity index (χ2n) is 2.96. The summed E-state index contributed by atoms with van der Waals surface area (Å²) >= 11 is 0. The predicted molar refractivity (Wildman–Crippen MR) is 50.6 cm³/mol. The Labute approximate surface area is 76.4 Å². The first-order valence-corrected chi connectivity index (χ1v) is 4.02. The molecule has 1 heterocycles. The van der Waals surface area contributed by atoms with Gasteiger partial charge in [0.15, 0.2) is 0 Å². The summed E-state index contributed by atoms with van der Waals surface area (Å²) in [7, 11) is 0. The zero-order valence-corrected chi connectivity index (χ0v) is 7.23. The van der Waals surface area contributed by atoms with Crippen LogP contribution in [0, 0.1) is 6.92 Å². The van der Waals surface area contributed by atoms with Crippen LogP contribution in [0.1, 0.15) is 11.1 Å². The van der Waals surface area contributed by atoms with Crippen molar-refractivity contribution in [3.05, 3.63) is 47.4 Å². The van der Waals surface area contributed by atoms with Gasteiger partial charge < -0.3 is 5.11 Å². The van der Waals surface area contributed by atoms with Gasteiger partial charge in [-0.15, -0.1) is 10.5 Å². The smallest absolute Gasteiger partial charge is 0.233 e. The van der Waals surface area contributed by atoms with E-state index in [1.54, 1.807) is 6.08 Å². The molecule has 1 radical (unpaired) electrons. The molecule has 1 N–H and O–H groups in total. The predicted octanol–water partition coefficient (Wildman–Crippen LogP) is 1.72. The van der Waals surface area contributed by atoms with Gasteiger partial charge in [-0.3, -0.25) is 0 Å². The van der Waals surface area contributed by atoms with E-state index >= 15 is 0 Å². The summed E-state index contributed by atoms with van der Waals surface area (Å²) in [5.41, 5.74) is 6.38. The maximum absolute atomic E-state index is 9.01. The molecule has 1 aliphatic heterocycles. The Hall–Kier alpha value is -1.77. The molecule has 0 fully saturated rings. The quantitative estimate of drug-likeness (QED) is 0.690. The molecule has 1 aliphatic rings. The lowest BCUT2D eigenvalue weighted by Crippen LogP contribution is -1.94. The first kappa shape index (κ1) is 7.86. The van der Waals surface area contributed by atoms with E-state index in [0.29, 0.717) is 5.71 Å². The molecule has 0 spiro atoms. The standard InChI is InChI=1S/C10H9N2O/c1-7-3-2-4-8(5-7)9-6-10(13)12-11-9/h2-6,13H,1H3. The van der Waals surface area contributed by atoms with Crippen LogP contribution in [0.5, 0.6) is 0 Å². The van der Waals surface area contributed by atoms with Gasteiger partial charge in [-0.25, -0.2) is 0 Å². The first-order chi connectivity index (χ1) is 6.25. The molecular formula is C10H9N2O. The minimum atomic E-state index is -0.0310. The molecule has 3 nitrogen and oxygen atoms in total. The molecule has 0 aliphatic carbocycles. The van der Waals surface area contributed by atoms with Crippen molar-refractivity contribution in [1.29, 1.82) is 0 Å². The van der Waals surface area contributed by atoms with Gasteiger partial charge in [0.05, 0.1) is 5.71 Å². The molecule has 1 aromatic carbocycles. The summed E-state index contributed by atoms with van der Waals surface area (Å²) in [6.45, 7) is 2.01. The monoisotopic (exact) mass is 173 g/mol. The van der Waals surface area contributed by atoms with Crippen LogP contribution in [-0.4, -0.2) is 10.8 Å². The van der Waals surface area contributed by atoms with E-state index in [1.165, 1.54) is 5.56 Å². The average Bonchev–Trinajstić information content (AvgIpc) is 2.52. The van der Waals surface area contributed by atoms with Crippen LogP contribution in [-0.2, 0) is 0 Å². The van der Waals surface area contributed by atoms with Gasteiger partial charge in [-0.1, -0.05) is 23.8 Å². The number of aliphatic hydroxyl groups excluding tert-OH is 1. The van der Waals surface area contributed by atoms with Crippen molar-refractivity contribution in [2.45, 2.75) is 6.92 Å². The van der Waals surface area contributed by atoms with Crippen LogP contribution in [0.15, 0.2) is 41.3 Å². The van der Waals surface area contributed by atoms with Crippen molar-refractivity contribution in [3.8, 4) is 0 Å². The number of nitrogens with zero attached hydrogens (tertiary/aromatic N) is 2. The Bertz CT molecular complexity index is 394. The lowest BCUT2D eigenvalue weighted by atomic mass is 10.1. The van der Waals surface area contributed by atoms with Gasteiger partial charge in [-0.05, 0) is 13.0 Å². The number of hydrogen-bond acceptors (Lipinski definition) is 2. The maximum atomic E-state index is 9.01. The third kappa shape index (κ3) is 1.54. The summed E-state index contributed by atoms with van der Waals surface area (Å²) in [6, 6.07) is 7.91. The molecule has 2 rings (SSSR count). The summed E-state index contributed by atoms with van der Waals surface area (Å²) in [5.74, 6) is -0.0310. The van der Waals surface area contributed by atoms with Gasteiger partial charge in [0, 0.05) is 11.6 Å². The molecule has 65 valence electrons. The van der Waals surface area contributed by atoms with E-state index in [0.717, 1.165) is 5.56 Å². The molecule has 0 bridgehead atoms. The molecule has 3 heteroatoms. The summed E-state index contributed by atoms with van der Waals surface area (Å²) in [5, 5.41) is 12.8. The Kier molecular flexibility index (Phi) is 1.77. The highest BCUT2D eigenvalue weighted by Crippen LogP contribution is 2.10. The Morgan fingerprint density at radius 3 is 2.77 bits per heavy atom.